The molecule has 2 N–H and O–H groups in total. The molecule has 0 radical (unpaired) electrons. The Morgan fingerprint density at radius 2 is 1.95 bits per heavy atom. The molecule has 1 aliphatic rings. The number of rotatable bonds is 5. The Morgan fingerprint density at radius 3 is 2.43 bits per heavy atom. The normalized spacial score (nSPS) is 17.2. The number of carbonyl (C=O) groups is 1. The minimum absolute atomic E-state index is 0.0313. The summed E-state index contributed by atoms with van der Waals surface area (Å²) in [4.78, 5) is 12.2. The van der Waals surface area contributed by atoms with Gasteiger partial charge in [0.1, 0.15) is 0 Å². The van der Waals surface area contributed by atoms with Gasteiger partial charge in [-0.1, -0.05) is 50.0 Å². The molecule has 116 valence electrons. The van der Waals surface area contributed by atoms with Gasteiger partial charge >= 0.3 is 0 Å². The Hall–Kier alpha value is -0.770. The number of amides is 1. The second kappa shape index (κ2) is 6.55. The van der Waals surface area contributed by atoms with Gasteiger partial charge in [-0.3, -0.25) is 4.79 Å². The summed E-state index contributed by atoms with van der Waals surface area (Å²) >= 11 is 12.5. The Bertz CT molecular complexity index is 507. The number of benzene rings is 1. The second-order valence-corrected chi connectivity index (χ2v) is 7.22. The molecule has 1 saturated heterocycles. The lowest BCUT2D eigenvalue weighted by atomic mass is 9.83. The minimum Gasteiger partial charge on any atom is -0.355 e. The van der Waals surface area contributed by atoms with Crippen molar-refractivity contribution in [3.05, 3.63) is 33.8 Å². The predicted molar refractivity (Wildman–Crippen MR) is 88.0 cm³/mol. The standard InChI is InChI=1S/C16H22Cl2N2O/c1-10(11-7-19-8-11)15(21)20-9-16(2,3)14-12(17)5-4-6-13(14)18/h4-6,10-11,19H,7-9H2,1-3H3,(H,20,21). The summed E-state index contributed by atoms with van der Waals surface area (Å²) in [6.45, 7) is 8.42. The van der Waals surface area contributed by atoms with E-state index >= 15 is 0 Å². The SMILES string of the molecule is CC(C(=O)NCC(C)(C)c1c(Cl)cccc1Cl)C1CNC1. The molecule has 1 atom stereocenters. The summed E-state index contributed by atoms with van der Waals surface area (Å²) in [6, 6.07) is 5.48. The van der Waals surface area contributed by atoms with Crippen LogP contribution in [0.2, 0.25) is 10.0 Å². The molecule has 2 rings (SSSR count). The van der Waals surface area contributed by atoms with Gasteiger partial charge in [0.25, 0.3) is 0 Å². The maximum Gasteiger partial charge on any atom is 0.223 e. The van der Waals surface area contributed by atoms with Crippen LogP contribution in [0.25, 0.3) is 0 Å². The first-order valence-corrected chi connectivity index (χ1v) is 8.01. The molecule has 5 heteroatoms. The van der Waals surface area contributed by atoms with E-state index in [4.69, 9.17) is 23.2 Å². The lowest BCUT2D eigenvalue weighted by Gasteiger charge is -2.33. The highest BCUT2D eigenvalue weighted by Crippen LogP contribution is 2.35. The fourth-order valence-corrected chi connectivity index (χ4v) is 3.49. The van der Waals surface area contributed by atoms with E-state index in [1.165, 1.54) is 0 Å². The zero-order valence-corrected chi connectivity index (χ0v) is 14.2. The summed E-state index contributed by atoms with van der Waals surface area (Å²) in [5.74, 6) is 0.568. The number of nitrogens with one attached hydrogen (secondary N) is 2. The molecule has 21 heavy (non-hydrogen) atoms. The molecule has 1 aromatic carbocycles. The molecule has 0 saturated carbocycles. The second-order valence-electron chi connectivity index (χ2n) is 6.41. The van der Waals surface area contributed by atoms with E-state index in [2.05, 4.69) is 10.6 Å². The van der Waals surface area contributed by atoms with Gasteiger partial charge in [0.05, 0.1) is 0 Å². The van der Waals surface area contributed by atoms with Crippen LogP contribution in [0.15, 0.2) is 18.2 Å². The minimum atomic E-state index is -0.317. The molecule has 1 aliphatic heterocycles. The van der Waals surface area contributed by atoms with Gasteiger partial charge in [0.15, 0.2) is 0 Å². The zero-order chi connectivity index (χ0) is 15.6. The van der Waals surface area contributed by atoms with E-state index in [-0.39, 0.29) is 17.2 Å². The Labute approximate surface area is 136 Å². The maximum atomic E-state index is 12.2. The van der Waals surface area contributed by atoms with E-state index in [1.807, 2.05) is 39.0 Å². The summed E-state index contributed by atoms with van der Waals surface area (Å²) in [5, 5.41) is 7.51. The fourth-order valence-electron chi connectivity index (χ4n) is 2.58. The number of hydrogen-bond acceptors (Lipinski definition) is 2. The topological polar surface area (TPSA) is 41.1 Å². The largest absolute Gasteiger partial charge is 0.355 e. The van der Waals surface area contributed by atoms with Gasteiger partial charge in [-0.15, -0.1) is 0 Å². The van der Waals surface area contributed by atoms with E-state index in [0.29, 0.717) is 22.5 Å². The molecular weight excluding hydrogens is 307 g/mol. The van der Waals surface area contributed by atoms with Crippen molar-refractivity contribution in [2.45, 2.75) is 26.2 Å². The average molecular weight is 329 g/mol. The van der Waals surface area contributed by atoms with Gasteiger partial charge in [0, 0.05) is 27.9 Å². The first-order valence-electron chi connectivity index (χ1n) is 7.26. The average Bonchev–Trinajstić information content (AvgIpc) is 2.33. The Kier molecular flexibility index (Phi) is 5.18. The summed E-state index contributed by atoms with van der Waals surface area (Å²) in [5.41, 5.74) is 0.564. The Balaban J connectivity index is 2.02. The zero-order valence-electron chi connectivity index (χ0n) is 12.7. The van der Waals surface area contributed by atoms with Crippen LogP contribution >= 0.6 is 23.2 Å². The highest BCUT2D eigenvalue weighted by molar-refractivity contribution is 6.36. The van der Waals surface area contributed by atoms with E-state index in [1.54, 1.807) is 0 Å². The van der Waals surface area contributed by atoms with Crippen LogP contribution in [0.5, 0.6) is 0 Å². The first kappa shape index (κ1) is 16.6. The van der Waals surface area contributed by atoms with Crippen LogP contribution in [0, 0.1) is 11.8 Å². The van der Waals surface area contributed by atoms with Crippen LogP contribution < -0.4 is 10.6 Å². The molecule has 1 fully saturated rings. The number of carbonyl (C=O) groups excluding carboxylic acids is 1. The van der Waals surface area contributed by atoms with Crippen molar-refractivity contribution in [1.82, 2.24) is 10.6 Å². The van der Waals surface area contributed by atoms with Crippen LogP contribution in [0.3, 0.4) is 0 Å². The molecule has 1 heterocycles. The van der Waals surface area contributed by atoms with Crippen molar-refractivity contribution in [2.24, 2.45) is 11.8 Å². The van der Waals surface area contributed by atoms with Crippen LogP contribution in [0.1, 0.15) is 26.3 Å². The van der Waals surface area contributed by atoms with E-state index in [9.17, 15) is 4.79 Å². The third-order valence-corrected chi connectivity index (χ3v) is 4.91. The van der Waals surface area contributed by atoms with Gasteiger partial charge in [0.2, 0.25) is 5.91 Å². The van der Waals surface area contributed by atoms with Crippen molar-refractivity contribution < 1.29 is 4.79 Å². The van der Waals surface area contributed by atoms with Crippen LogP contribution in [-0.4, -0.2) is 25.5 Å². The number of halogens is 2. The van der Waals surface area contributed by atoms with E-state index < -0.39 is 0 Å². The van der Waals surface area contributed by atoms with Crippen molar-refractivity contribution in [1.29, 1.82) is 0 Å². The molecule has 0 bridgehead atoms. The first-order chi connectivity index (χ1) is 9.83. The summed E-state index contributed by atoms with van der Waals surface area (Å²) < 4.78 is 0. The quantitative estimate of drug-likeness (QED) is 0.871. The van der Waals surface area contributed by atoms with Crippen LogP contribution in [-0.2, 0) is 10.2 Å². The van der Waals surface area contributed by atoms with Crippen molar-refractivity contribution in [2.75, 3.05) is 19.6 Å². The molecular formula is C16H22Cl2N2O. The van der Waals surface area contributed by atoms with Crippen LogP contribution in [0.4, 0.5) is 0 Å². The fraction of sp³-hybridized carbons (Fsp3) is 0.562. The van der Waals surface area contributed by atoms with Crippen molar-refractivity contribution >= 4 is 29.1 Å². The molecule has 1 aromatic rings. The van der Waals surface area contributed by atoms with Crippen molar-refractivity contribution in [3.63, 3.8) is 0 Å². The molecule has 0 aliphatic carbocycles. The lowest BCUT2D eigenvalue weighted by Crippen LogP contribution is -2.50. The predicted octanol–water partition coefficient (Wildman–Crippen LogP) is 3.24. The highest BCUT2D eigenvalue weighted by atomic mass is 35.5. The molecule has 0 spiro atoms. The summed E-state index contributed by atoms with van der Waals surface area (Å²) in [7, 11) is 0. The molecule has 0 aromatic heterocycles. The molecule has 3 nitrogen and oxygen atoms in total. The van der Waals surface area contributed by atoms with Gasteiger partial charge < -0.3 is 10.6 Å². The van der Waals surface area contributed by atoms with Gasteiger partial charge in [-0.2, -0.15) is 0 Å². The third kappa shape index (κ3) is 3.71. The smallest absolute Gasteiger partial charge is 0.223 e. The van der Waals surface area contributed by atoms with Gasteiger partial charge in [-0.05, 0) is 36.7 Å². The third-order valence-electron chi connectivity index (χ3n) is 4.28. The molecule has 1 unspecified atom stereocenters. The summed E-state index contributed by atoms with van der Waals surface area (Å²) in [6.07, 6.45) is 0. The Morgan fingerprint density at radius 1 is 1.38 bits per heavy atom. The van der Waals surface area contributed by atoms with Crippen molar-refractivity contribution in [3.8, 4) is 0 Å². The van der Waals surface area contributed by atoms with Gasteiger partial charge in [-0.25, -0.2) is 0 Å². The maximum absolute atomic E-state index is 12.2. The molecule has 1 amide bonds. The highest BCUT2D eigenvalue weighted by Gasteiger charge is 2.31. The van der Waals surface area contributed by atoms with E-state index in [0.717, 1.165) is 18.7 Å². The monoisotopic (exact) mass is 328 g/mol. The number of hydrogen-bond donors (Lipinski definition) is 2. The lowest BCUT2D eigenvalue weighted by molar-refractivity contribution is -0.126.